The van der Waals surface area contributed by atoms with Crippen LogP contribution in [0.5, 0.6) is 0 Å². The first-order chi connectivity index (χ1) is 47.4. The van der Waals surface area contributed by atoms with Crippen LogP contribution in [0, 0.1) is 0 Å². The quantitative estimate of drug-likeness (QED) is 0.165. The fraction of sp³-hybridized carbons (Fsp3) is 0.0455. The molecule has 0 saturated carbocycles. The predicted molar refractivity (Wildman–Crippen MR) is 406 cm³/mol. The summed E-state index contributed by atoms with van der Waals surface area (Å²) in [7, 11) is 6.73. The normalized spacial score (nSPS) is 13.4. The summed E-state index contributed by atoms with van der Waals surface area (Å²) >= 11 is 0. The van der Waals surface area contributed by atoms with Crippen molar-refractivity contribution in [2.24, 2.45) is 21.1 Å². The van der Waals surface area contributed by atoms with Crippen LogP contribution >= 0.6 is 0 Å². The van der Waals surface area contributed by atoms with E-state index in [2.05, 4.69) is 294 Å². The first-order valence-corrected chi connectivity index (χ1v) is 33.6. The van der Waals surface area contributed by atoms with Crippen LogP contribution in [0.3, 0.4) is 0 Å². The van der Waals surface area contributed by atoms with Crippen LogP contribution in [-0.2, 0) is 27.7 Å². The van der Waals surface area contributed by atoms with Gasteiger partial charge in [-0.25, -0.2) is 0 Å². The lowest BCUT2D eigenvalue weighted by molar-refractivity contribution is 0.869. The van der Waals surface area contributed by atoms with Crippen molar-refractivity contribution in [1.29, 1.82) is 0 Å². The highest BCUT2D eigenvalue weighted by Crippen LogP contribution is 2.53. The summed E-state index contributed by atoms with van der Waals surface area (Å²) in [4.78, 5) is 0. The Morgan fingerprint density at radius 1 is 0.188 bits per heavy atom. The molecule has 0 N–H and O–H groups in total. The van der Waals surface area contributed by atoms with E-state index < -0.39 is 0 Å². The second-order valence-corrected chi connectivity index (χ2v) is 28.0. The average Bonchev–Trinajstić information content (AvgIpc) is 1.50. The molecule has 26 rings (SSSR count). The van der Waals surface area contributed by atoms with E-state index in [1.807, 2.05) is 0 Å². The van der Waals surface area contributed by atoms with Gasteiger partial charge in [-0.2, -0.15) is 0 Å². The summed E-state index contributed by atoms with van der Waals surface area (Å²) < 4.78 is 20.2. The Morgan fingerprint density at radius 3 is 1.09 bits per heavy atom. The molecule has 0 aliphatic carbocycles. The van der Waals surface area contributed by atoms with Crippen molar-refractivity contribution >= 4 is 240 Å². The molecule has 0 radical (unpaired) electrons. The van der Waals surface area contributed by atoms with Crippen molar-refractivity contribution in [3.05, 3.63) is 242 Å². The van der Waals surface area contributed by atoms with E-state index in [-0.39, 0.29) is 0 Å². The molecule has 8 heteroatoms. The molecule has 96 heavy (non-hydrogen) atoms. The molecular weight excluding hydrogens is 1170 g/mol. The van der Waals surface area contributed by atoms with Gasteiger partial charge >= 0.3 is 0 Å². The van der Waals surface area contributed by atoms with Gasteiger partial charge in [-0.15, -0.1) is 0 Å². The van der Waals surface area contributed by atoms with Gasteiger partial charge in [0.2, 0.25) is 0 Å². The van der Waals surface area contributed by atoms with Crippen molar-refractivity contribution in [3.8, 4) is 0 Å². The molecule has 0 aliphatic rings. The second-order valence-electron chi connectivity index (χ2n) is 28.0. The summed E-state index contributed by atoms with van der Waals surface area (Å²) in [6.45, 7) is 0.724. The van der Waals surface area contributed by atoms with E-state index in [0.717, 1.165) is 6.54 Å². The number of aryl methyl sites for hydroxylation is 3. The van der Waals surface area contributed by atoms with Gasteiger partial charge in [0, 0.05) is 185 Å². The van der Waals surface area contributed by atoms with Gasteiger partial charge in [0.05, 0.1) is 82.8 Å². The highest BCUT2D eigenvalue weighted by molar-refractivity contribution is 6.41. The van der Waals surface area contributed by atoms with Gasteiger partial charge in [-0.1, -0.05) is 140 Å². The Kier molecular flexibility index (Phi) is 7.92. The van der Waals surface area contributed by atoms with Gasteiger partial charge in [0.25, 0.3) is 0 Å². The molecule has 442 valence electrons. The molecule has 0 saturated heterocycles. The Balaban J connectivity index is 0.684. The topological polar surface area (TPSA) is 37.4 Å². The lowest BCUT2D eigenvalue weighted by atomic mass is 9.99. The van der Waals surface area contributed by atoms with Gasteiger partial charge in [-0.05, 0) is 103 Å². The summed E-state index contributed by atoms with van der Waals surface area (Å²) in [5.41, 5.74) is 26.5. The lowest BCUT2D eigenvalue weighted by Gasteiger charge is -2.09. The van der Waals surface area contributed by atoms with E-state index in [9.17, 15) is 0 Å². The Hall–Kier alpha value is -12.5. The lowest BCUT2D eigenvalue weighted by Crippen LogP contribution is -1.99. The minimum absolute atomic E-state index is 0.724. The van der Waals surface area contributed by atoms with Crippen molar-refractivity contribution in [3.63, 3.8) is 0 Å². The van der Waals surface area contributed by atoms with Gasteiger partial charge in [0.1, 0.15) is 0 Å². The summed E-state index contributed by atoms with van der Waals surface area (Å²) in [5, 5.41) is 31.3. The highest BCUT2D eigenvalue weighted by Gasteiger charge is 2.30. The summed E-state index contributed by atoms with van der Waals surface area (Å²) in [5.74, 6) is 0. The number of hydrogen-bond acceptors (Lipinski definition) is 0. The minimum Gasteiger partial charge on any atom is -0.344 e. The molecule has 0 unspecified atom stereocenters. The molecule has 0 fully saturated rings. The third-order valence-corrected chi connectivity index (χ3v) is 24.0. The maximum absolute atomic E-state index is 2.60. The van der Waals surface area contributed by atoms with Crippen LogP contribution < -0.4 is 0 Å². The number of benzene rings is 14. The van der Waals surface area contributed by atoms with E-state index in [4.69, 9.17) is 0 Å². The molecule has 12 aromatic heterocycles. The van der Waals surface area contributed by atoms with Gasteiger partial charge in [-0.3, -0.25) is 0 Å². The maximum Gasteiger partial charge on any atom is 0.0628 e. The molecule has 0 amide bonds. The SMILES string of the molecule is Cn1c2ccccc2c2c3c4cccc5c6cc7c(cc6n(c3ccc21)c54)c1cccc2c3c4c5ccccc5n(Cc5ccc6c8c9c%10cc%11c(cc%10n%10c%12ccccc%12c(cc8n(C)c6c5)c9%10)c5c6c8ccccc8n(C)c6cc6c8ccccc8n%11c65)c4ccc3n7c12. The zero-order valence-corrected chi connectivity index (χ0v) is 52.3. The zero-order chi connectivity index (χ0) is 61.9. The van der Waals surface area contributed by atoms with Gasteiger partial charge in [0.15, 0.2) is 0 Å². The molecule has 0 aliphatic heterocycles. The summed E-state index contributed by atoms with van der Waals surface area (Å²) in [6, 6.07) is 91.0. The standard InChI is InChI=1S/C88H50N8/c1-89-61-25-9-6-18-49(61)77-66(89)32-34-68-81(77)53-23-14-21-47-55-38-72-56(37-71(55)95(68)85(47)53)48-22-15-24-54-82-69(96(72)86(48)54)35-33-67-78(82)51-20-8-11-27-63(51)92(67)43-44-30-31-52-70(36-44)91(3)76-40-58-46-17-5-13-29-65(46)94-74-41-59-73(42-60(74)84(80(52)76)88(58)94)93-64-28-12-4-16-45(64)57-39-75-79(83(59)87(57)93)50-19-7-10-26-62(50)90(75)2/h4-42H,43H2,1-3H3. The highest BCUT2D eigenvalue weighted by atomic mass is 15.0. The van der Waals surface area contributed by atoms with Crippen molar-refractivity contribution in [1.82, 2.24) is 35.9 Å². The van der Waals surface area contributed by atoms with Crippen LogP contribution in [0.1, 0.15) is 5.56 Å². The number of nitrogens with zero attached hydrogens (tertiary/aromatic N) is 8. The van der Waals surface area contributed by atoms with Crippen LogP contribution in [0.2, 0.25) is 0 Å². The van der Waals surface area contributed by atoms with Crippen molar-refractivity contribution < 1.29 is 0 Å². The number of hydrogen-bond donors (Lipinski definition) is 0. The Morgan fingerprint density at radius 2 is 0.542 bits per heavy atom. The molecule has 12 heterocycles. The van der Waals surface area contributed by atoms with E-state index in [1.54, 1.807) is 0 Å². The molecule has 0 atom stereocenters. The van der Waals surface area contributed by atoms with Gasteiger partial charge < -0.3 is 35.9 Å². The van der Waals surface area contributed by atoms with Crippen LogP contribution in [0.4, 0.5) is 0 Å². The van der Waals surface area contributed by atoms with Crippen molar-refractivity contribution in [2.45, 2.75) is 6.54 Å². The van der Waals surface area contributed by atoms with Crippen LogP contribution in [0.25, 0.3) is 240 Å². The largest absolute Gasteiger partial charge is 0.344 e. The number of aromatic nitrogens is 8. The fourth-order valence-electron chi connectivity index (χ4n) is 20.2. The average molecular weight is 1220 g/mol. The molecule has 0 spiro atoms. The first kappa shape index (κ1) is 48.3. The Bertz CT molecular complexity index is 8200. The number of para-hydroxylation sites is 7. The molecule has 8 nitrogen and oxygen atoms in total. The third-order valence-electron chi connectivity index (χ3n) is 24.0. The molecule has 0 bridgehead atoms. The Labute approximate surface area is 542 Å². The molecule has 14 aromatic carbocycles. The second kappa shape index (κ2) is 15.7. The molecule has 26 aromatic rings. The minimum atomic E-state index is 0.724. The smallest absolute Gasteiger partial charge is 0.0628 e. The maximum atomic E-state index is 2.60. The van der Waals surface area contributed by atoms with Crippen molar-refractivity contribution in [2.75, 3.05) is 0 Å². The summed E-state index contributed by atoms with van der Waals surface area (Å²) in [6.07, 6.45) is 0. The van der Waals surface area contributed by atoms with E-state index in [0.29, 0.717) is 0 Å². The number of fused-ring (bicyclic) bond motifs is 40. The monoisotopic (exact) mass is 1220 g/mol. The molecular formula is C88H50N8. The number of rotatable bonds is 2. The zero-order valence-electron chi connectivity index (χ0n) is 52.3. The fourth-order valence-corrected chi connectivity index (χ4v) is 20.2. The van der Waals surface area contributed by atoms with E-state index >= 15 is 0 Å². The van der Waals surface area contributed by atoms with Crippen LogP contribution in [0.15, 0.2) is 237 Å². The van der Waals surface area contributed by atoms with Crippen LogP contribution in [-0.4, -0.2) is 35.9 Å². The third kappa shape index (κ3) is 5.11. The predicted octanol–water partition coefficient (Wildman–Crippen LogP) is 22.4. The first-order valence-electron chi connectivity index (χ1n) is 33.6. The van der Waals surface area contributed by atoms with E-state index in [1.165, 1.54) is 245 Å².